The molecule has 2 fully saturated rings. The summed E-state index contributed by atoms with van der Waals surface area (Å²) in [6, 6.07) is 1.78. The number of ether oxygens (including phenoxy) is 1. The van der Waals surface area contributed by atoms with E-state index < -0.39 is 0 Å². The van der Waals surface area contributed by atoms with Crippen LogP contribution in [0.2, 0.25) is 0 Å². The second-order valence-electron chi connectivity index (χ2n) is 6.38. The SMILES string of the molecule is Cc1nccc(O[C@H]2CCCN(C(=O)CSC3CCCC3)C2)n1. The summed E-state index contributed by atoms with van der Waals surface area (Å²) in [6.07, 6.45) is 8.92. The highest BCUT2D eigenvalue weighted by atomic mass is 32.2. The summed E-state index contributed by atoms with van der Waals surface area (Å²) in [4.78, 5) is 22.8. The van der Waals surface area contributed by atoms with Crippen LogP contribution in [0, 0.1) is 6.92 Å². The van der Waals surface area contributed by atoms with Crippen molar-refractivity contribution in [1.82, 2.24) is 14.9 Å². The summed E-state index contributed by atoms with van der Waals surface area (Å²) in [5.41, 5.74) is 0. The second kappa shape index (κ2) is 7.99. The Morgan fingerprint density at radius 1 is 1.35 bits per heavy atom. The van der Waals surface area contributed by atoms with Crippen molar-refractivity contribution in [2.75, 3.05) is 18.8 Å². The van der Waals surface area contributed by atoms with Crippen LogP contribution in [0.15, 0.2) is 12.3 Å². The molecule has 6 heteroatoms. The minimum atomic E-state index is 0.0403. The summed E-state index contributed by atoms with van der Waals surface area (Å²) >= 11 is 1.84. The molecule has 2 heterocycles. The van der Waals surface area contributed by atoms with Crippen LogP contribution in [0.5, 0.6) is 5.88 Å². The number of nitrogens with zero attached hydrogens (tertiary/aromatic N) is 3. The lowest BCUT2D eigenvalue weighted by Gasteiger charge is -2.32. The van der Waals surface area contributed by atoms with E-state index in [1.807, 2.05) is 23.6 Å². The fourth-order valence-electron chi connectivity index (χ4n) is 3.27. The molecule has 1 saturated carbocycles. The van der Waals surface area contributed by atoms with E-state index in [0.717, 1.165) is 19.4 Å². The molecule has 1 aromatic rings. The molecule has 1 aliphatic carbocycles. The van der Waals surface area contributed by atoms with E-state index >= 15 is 0 Å². The molecule has 126 valence electrons. The first-order valence-corrected chi connectivity index (χ1v) is 9.61. The monoisotopic (exact) mass is 335 g/mol. The van der Waals surface area contributed by atoms with E-state index in [9.17, 15) is 4.79 Å². The lowest BCUT2D eigenvalue weighted by Crippen LogP contribution is -2.45. The van der Waals surface area contributed by atoms with Gasteiger partial charge < -0.3 is 9.64 Å². The molecule has 0 unspecified atom stereocenters. The highest BCUT2D eigenvalue weighted by Crippen LogP contribution is 2.29. The maximum Gasteiger partial charge on any atom is 0.232 e. The quantitative estimate of drug-likeness (QED) is 0.828. The van der Waals surface area contributed by atoms with Gasteiger partial charge in [0.15, 0.2) is 0 Å². The van der Waals surface area contributed by atoms with Crippen molar-refractivity contribution in [3.63, 3.8) is 0 Å². The van der Waals surface area contributed by atoms with Crippen LogP contribution in [0.3, 0.4) is 0 Å². The van der Waals surface area contributed by atoms with Crippen LogP contribution in [0.1, 0.15) is 44.3 Å². The van der Waals surface area contributed by atoms with Gasteiger partial charge in [-0.2, -0.15) is 4.98 Å². The first-order valence-electron chi connectivity index (χ1n) is 8.56. The van der Waals surface area contributed by atoms with Crippen molar-refractivity contribution in [3.05, 3.63) is 18.1 Å². The molecule has 1 amide bonds. The molecular weight excluding hydrogens is 310 g/mol. The molecule has 1 atom stereocenters. The van der Waals surface area contributed by atoms with Crippen LogP contribution in [-0.4, -0.2) is 51.0 Å². The van der Waals surface area contributed by atoms with Crippen LogP contribution in [-0.2, 0) is 4.79 Å². The maximum absolute atomic E-state index is 12.4. The number of aryl methyl sites for hydroxylation is 1. The molecule has 1 aliphatic heterocycles. The molecule has 2 aliphatic rings. The second-order valence-corrected chi connectivity index (χ2v) is 7.67. The molecule has 5 nitrogen and oxygen atoms in total. The zero-order valence-electron chi connectivity index (χ0n) is 13.7. The number of piperidine rings is 1. The van der Waals surface area contributed by atoms with Crippen LogP contribution in [0.25, 0.3) is 0 Å². The maximum atomic E-state index is 12.4. The standard InChI is InChI=1S/C17H25N3O2S/c1-13-18-9-8-16(19-13)22-14-5-4-10-20(11-14)17(21)12-23-15-6-2-3-7-15/h8-9,14-15H,2-7,10-12H2,1H3/t14-/m0/s1. The fraction of sp³-hybridized carbons (Fsp3) is 0.706. The molecular formula is C17H25N3O2S. The normalized spacial score (nSPS) is 22.3. The summed E-state index contributed by atoms with van der Waals surface area (Å²) in [5, 5.41) is 0.694. The van der Waals surface area contributed by atoms with Crippen LogP contribution >= 0.6 is 11.8 Å². The van der Waals surface area contributed by atoms with E-state index in [1.54, 1.807) is 12.3 Å². The van der Waals surface area contributed by atoms with Gasteiger partial charge in [-0.15, -0.1) is 11.8 Å². The van der Waals surface area contributed by atoms with E-state index in [4.69, 9.17) is 4.74 Å². The number of hydrogen-bond donors (Lipinski definition) is 0. The Morgan fingerprint density at radius 2 is 2.17 bits per heavy atom. The third kappa shape index (κ3) is 4.83. The molecule has 0 N–H and O–H groups in total. The topological polar surface area (TPSA) is 55.3 Å². The molecule has 0 radical (unpaired) electrons. The molecule has 1 aromatic heterocycles. The minimum Gasteiger partial charge on any atom is -0.472 e. The Labute approximate surface area is 142 Å². The third-order valence-electron chi connectivity index (χ3n) is 4.51. The van der Waals surface area contributed by atoms with E-state index in [0.29, 0.717) is 29.3 Å². The summed E-state index contributed by atoms with van der Waals surface area (Å²) < 4.78 is 5.94. The average Bonchev–Trinajstić information content (AvgIpc) is 3.06. The van der Waals surface area contributed by atoms with Gasteiger partial charge in [-0.25, -0.2) is 4.98 Å². The number of aromatic nitrogens is 2. The van der Waals surface area contributed by atoms with Crippen molar-refractivity contribution >= 4 is 17.7 Å². The third-order valence-corrected chi connectivity index (χ3v) is 5.87. The van der Waals surface area contributed by atoms with Crippen molar-refractivity contribution in [3.8, 4) is 5.88 Å². The molecule has 0 bridgehead atoms. The molecule has 0 aromatic carbocycles. The van der Waals surface area contributed by atoms with Crippen molar-refractivity contribution in [2.24, 2.45) is 0 Å². The Balaban J connectivity index is 1.48. The fourth-order valence-corrected chi connectivity index (χ4v) is 4.49. The number of carbonyl (C=O) groups excluding carboxylic acids is 1. The van der Waals surface area contributed by atoms with Crippen molar-refractivity contribution in [1.29, 1.82) is 0 Å². The van der Waals surface area contributed by atoms with Crippen LogP contribution < -0.4 is 4.74 Å². The Hall–Kier alpha value is -1.30. The van der Waals surface area contributed by atoms with Gasteiger partial charge >= 0.3 is 0 Å². The van der Waals surface area contributed by atoms with Gasteiger partial charge in [0.05, 0.1) is 12.3 Å². The lowest BCUT2D eigenvalue weighted by molar-refractivity contribution is -0.130. The van der Waals surface area contributed by atoms with E-state index in [1.165, 1.54) is 25.7 Å². The Bertz CT molecular complexity index is 534. The molecule has 1 saturated heterocycles. The van der Waals surface area contributed by atoms with Gasteiger partial charge in [-0.3, -0.25) is 4.79 Å². The van der Waals surface area contributed by atoms with Gasteiger partial charge in [0.25, 0.3) is 0 Å². The van der Waals surface area contributed by atoms with Gasteiger partial charge in [-0.05, 0) is 32.6 Å². The summed E-state index contributed by atoms with van der Waals surface area (Å²) in [6.45, 7) is 3.38. The first kappa shape index (κ1) is 16.6. The van der Waals surface area contributed by atoms with Gasteiger partial charge in [0, 0.05) is 24.1 Å². The number of amides is 1. The highest BCUT2D eigenvalue weighted by molar-refractivity contribution is 8.00. The van der Waals surface area contributed by atoms with Gasteiger partial charge in [0.2, 0.25) is 11.8 Å². The van der Waals surface area contributed by atoms with Gasteiger partial charge in [0.1, 0.15) is 11.9 Å². The minimum absolute atomic E-state index is 0.0403. The number of thioether (sulfide) groups is 1. The number of hydrogen-bond acceptors (Lipinski definition) is 5. The summed E-state index contributed by atoms with van der Waals surface area (Å²) in [7, 11) is 0. The van der Waals surface area contributed by atoms with Gasteiger partial charge in [-0.1, -0.05) is 12.8 Å². The zero-order valence-corrected chi connectivity index (χ0v) is 14.6. The zero-order chi connectivity index (χ0) is 16.1. The Morgan fingerprint density at radius 3 is 2.96 bits per heavy atom. The molecule has 23 heavy (non-hydrogen) atoms. The van der Waals surface area contributed by atoms with Crippen LogP contribution in [0.4, 0.5) is 0 Å². The predicted molar refractivity (Wildman–Crippen MR) is 91.7 cm³/mol. The summed E-state index contributed by atoms with van der Waals surface area (Å²) in [5.74, 6) is 2.19. The smallest absolute Gasteiger partial charge is 0.232 e. The molecule has 0 spiro atoms. The Kier molecular flexibility index (Phi) is 5.75. The highest BCUT2D eigenvalue weighted by Gasteiger charge is 2.26. The predicted octanol–water partition coefficient (Wildman–Crippen LogP) is 2.83. The first-order chi connectivity index (χ1) is 11.2. The van der Waals surface area contributed by atoms with E-state index in [-0.39, 0.29) is 12.0 Å². The van der Waals surface area contributed by atoms with Crippen molar-refractivity contribution in [2.45, 2.75) is 56.8 Å². The number of rotatable bonds is 5. The van der Waals surface area contributed by atoms with Crippen molar-refractivity contribution < 1.29 is 9.53 Å². The van der Waals surface area contributed by atoms with E-state index in [2.05, 4.69) is 9.97 Å². The lowest BCUT2D eigenvalue weighted by atomic mass is 10.1. The average molecular weight is 335 g/mol. The largest absolute Gasteiger partial charge is 0.472 e. The number of likely N-dealkylation sites (tertiary alicyclic amines) is 1. The number of carbonyl (C=O) groups is 1. The molecule has 3 rings (SSSR count).